The zero-order valence-electron chi connectivity index (χ0n) is 14.6. The van der Waals surface area contributed by atoms with Gasteiger partial charge in [-0.3, -0.25) is 0 Å². The van der Waals surface area contributed by atoms with Crippen LogP contribution < -0.4 is 5.73 Å². The smallest absolute Gasteiger partial charge is 0.338 e. The van der Waals surface area contributed by atoms with Gasteiger partial charge >= 0.3 is 5.97 Å². The number of halogens is 1. The van der Waals surface area contributed by atoms with Gasteiger partial charge in [0.1, 0.15) is 23.2 Å². The van der Waals surface area contributed by atoms with E-state index in [1.165, 1.54) is 24.3 Å². The van der Waals surface area contributed by atoms with Gasteiger partial charge in [0.2, 0.25) is 5.88 Å². The second kappa shape index (κ2) is 7.75. The topological polar surface area (TPSA) is 85.3 Å². The summed E-state index contributed by atoms with van der Waals surface area (Å²) in [6, 6.07) is 16.5. The zero-order chi connectivity index (χ0) is 19.4. The summed E-state index contributed by atoms with van der Waals surface area (Å²) in [5.74, 6) is -1.74. The summed E-state index contributed by atoms with van der Waals surface area (Å²) in [6.07, 6.45) is 0. The summed E-state index contributed by atoms with van der Waals surface area (Å²) in [4.78, 5) is 12.8. The van der Waals surface area contributed by atoms with E-state index in [0.717, 1.165) is 0 Å². The quantitative estimate of drug-likeness (QED) is 0.838. The molecular formula is C21H17FN2O3. The van der Waals surface area contributed by atoms with E-state index in [4.69, 9.17) is 15.2 Å². The average molecular weight is 364 g/mol. The monoisotopic (exact) mass is 364 g/mol. The van der Waals surface area contributed by atoms with Crippen molar-refractivity contribution in [1.29, 1.82) is 5.26 Å². The van der Waals surface area contributed by atoms with E-state index in [9.17, 15) is 14.4 Å². The molecule has 27 heavy (non-hydrogen) atoms. The van der Waals surface area contributed by atoms with Gasteiger partial charge in [0.05, 0.1) is 18.1 Å². The highest BCUT2D eigenvalue weighted by Gasteiger charge is 2.38. The number of esters is 1. The molecule has 0 saturated heterocycles. The van der Waals surface area contributed by atoms with Crippen molar-refractivity contribution in [2.75, 3.05) is 6.61 Å². The maximum Gasteiger partial charge on any atom is 0.338 e. The predicted octanol–water partition coefficient (Wildman–Crippen LogP) is 3.61. The maximum atomic E-state index is 13.4. The number of carbonyl (C=O) groups is 1. The SMILES string of the molecule is CCOC(=O)C1=C(c2ccccc2)OC(N)=C(C#N)[C@@H]1c1ccc(F)cc1. The number of nitrogens with two attached hydrogens (primary N) is 1. The molecule has 0 radical (unpaired) electrons. The molecule has 0 unspecified atom stereocenters. The van der Waals surface area contributed by atoms with Crippen molar-refractivity contribution in [3.8, 4) is 6.07 Å². The van der Waals surface area contributed by atoms with Gasteiger partial charge in [-0.2, -0.15) is 5.26 Å². The number of hydrogen-bond acceptors (Lipinski definition) is 5. The lowest BCUT2D eigenvalue weighted by Crippen LogP contribution is -2.25. The van der Waals surface area contributed by atoms with Gasteiger partial charge in [-0.25, -0.2) is 9.18 Å². The Balaban J connectivity index is 2.26. The van der Waals surface area contributed by atoms with E-state index >= 15 is 0 Å². The summed E-state index contributed by atoms with van der Waals surface area (Å²) < 4.78 is 24.3. The molecule has 2 aromatic carbocycles. The molecule has 0 aromatic heterocycles. The summed E-state index contributed by atoms with van der Waals surface area (Å²) >= 11 is 0. The van der Waals surface area contributed by atoms with Gasteiger partial charge in [-0.15, -0.1) is 0 Å². The van der Waals surface area contributed by atoms with Crippen LogP contribution in [-0.2, 0) is 14.3 Å². The summed E-state index contributed by atoms with van der Waals surface area (Å²) in [5, 5.41) is 9.62. The van der Waals surface area contributed by atoms with E-state index in [1.54, 1.807) is 31.2 Å². The van der Waals surface area contributed by atoms with E-state index < -0.39 is 17.7 Å². The fourth-order valence-corrected chi connectivity index (χ4v) is 2.97. The Morgan fingerprint density at radius 2 is 1.89 bits per heavy atom. The van der Waals surface area contributed by atoms with Crippen LogP contribution in [0.15, 0.2) is 71.6 Å². The third kappa shape index (κ3) is 3.53. The fourth-order valence-electron chi connectivity index (χ4n) is 2.97. The first kappa shape index (κ1) is 18.2. The zero-order valence-corrected chi connectivity index (χ0v) is 14.6. The molecule has 6 heteroatoms. The summed E-state index contributed by atoms with van der Waals surface area (Å²) in [5.41, 5.74) is 7.37. The summed E-state index contributed by atoms with van der Waals surface area (Å²) in [6.45, 7) is 1.84. The Kier molecular flexibility index (Phi) is 5.23. The van der Waals surface area contributed by atoms with E-state index in [2.05, 4.69) is 0 Å². The van der Waals surface area contributed by atoms with Crippen molar-refractivity contribution >= 4 is 11.7 Å². The first-order valence-corrected chi connectivity index (χ1v) is 8.36. The largest absolute Gasteiger partial charge is 0.463 e. The molecule has 1 heterocycles. The molecule has 1 aliphatic rings. The van der Waals surface area contributed by atoms with Crippen LogP contribution in [0.4, 0.5) is 4.39 Å². The van der Waals surface area contributed by atoms with Crippen LogP contribution in [0.25, 0.3) is 5.76 Å². The van der Waals surface area contributed by atoms with Crippen molar-refractivity contribution in [2.45, 2.75) is 12.8 Å². The van der Waals surface area contributed by atoms with E-state index in [1.807, 2.05) is 12.1 Å². The van der Waals surface area contributed by atoms with Crippen molar-refractivity contribution in [1.82, 2.24) is 0 Å². The highest BCUT2D eigenvalue weighted by Crippen LogP contribution is 2.42. The van der Waals surface area contributed by atoms with Gasteiger partial charge in [0.25, 0.3) is 0 Å². The number of allylic oxidation sites excluding steroid dienone is 1. The molecule has 0 bridgehead atoms. The van der Waals surface area contributed by atoms with Crippen molar-refractivity contribution in [3.05, 3.63) is 88.6 Å². The molecule has 0 fully saturated rings. The minimum atomic E-state index is -0.821. The van der Waals surface area contributed by atoms with Gasteiger partial charge in [0.15, 0.2) is 0 Å². The number of carbonyl (C=O) groups excluding carboxylic acids is 1. The molecule has 0 spiro atoms. The first-order valence-electron chi connectivity index (χ1n) is 8.36. The van der Waals surface area contributed by atoms with Gasteiger partial charge in [0, 0.05) is 5.56 Å². The molecule has 136 valence electrons. The number of nitriles is 1. The lowest BCUT2D eigenvalue weighted by Gasteiger charge is -2.28. The molecule has 0 saturated carbocycles. The van der Waals surface area contributed by atoms with Gasteiger partial charge < -0.3 is 15.2 Å². The van der Waals surface area contributed by atoms with Crippen molar-refractivity contribution in [2.24, 2.45) is 5.73 Å². The molecule has 0 amide bonds. The summed E-state index contributed by atoms with van der Waals surface area (Å²) in [7, 11) is 0. The van der Waals surface area contributed by atoms with Crippen LogP contribution in [0.3, 0.4) is 0 Å². The molecule has 0 aliphatic carbocycles. The number of rotatable bonds is 4. The molecule has 2 aromatic rings. The molecule has 1 aliphatic heterocycles. The number of nitrogens with zero attached hydrogens (tertiary/aromatic N) is 1. The van der Waals surface area contributed by atoms with Crippen molar-refractivity contribution in [3.63, 3.8) is 0 Å². The van der Waals surface area contributed by atoms with Crippen molar-refractivity contribution < 1.29 is 18.7 Å². The highest BCUT2D eigenvalue weighted by atomic mass is 19.1. The Bertz CT molecular complexity index is 957. The molecular weight excluding hydrogens is 347 g/mol. The number of ether oxygens (including phenoxy) is 2. The van der Waals surface area contributed by atoms with Crippen LogP contribution in [0.2, 0.25) is 0 Å². The second-order valence-electron chi connectivity index (χ2n) is 5.81. The minimum absolute atomic E-state index is 0.0735. The van der Waals surface area contributed by atoms with Gasteiger partial charge in [-0.1, -0.05) is 42.5 Å². The van der Waals surface area contributed by atoms with Crippen LogP contribution in [0.1, 0.15) is 24.0 Å². The molecule has 3 rings (SSSR count). The molecule has 2 N–H and O–H groups in total. The van der Waals surface area contributed by atoms with Crippen LogP contribution >= 0.6 is 0 Å². The predicted molar refractivity (Wildman–Crippen MR) is 97.0 cm³/mol. The average Bonchev–Trinajstić information content (AvgIpc) is 2.68. The number of benzene rings is 2. The number of hydrogen-bond donors (Lipinski definition) is 1. The minimum Gasteiger partial charge on any atom is -0.463 e. The first-order chi connectivity index (χ1) is 13.1. The van der Waals surface area contributed by atoms with E-state index in [-0.39, 0.29) is 29.4 Å². The second-order valence-corrected chi connectivity index (χ2v) is 5.81. The van der Waals surface area contributed by atoms with Crippen LogP contribution in [-0.4, -0.2) is 12.6 Å². The Morgan fingerprint density at radius 3 is 2.48 bits per heavy atom. The Hall–Kier alpha value is -3.59. The standard InChI is InChI=1S/C21H17FN2O3/c1-2-26-21(25)18-17(13-8-10-15(22)11-9-13)16(12-23)20(24)27-19(18)14-6-4-3-5-7-14/h3-11,17H,2,24H2,1H3/t17-/m0/s1. The molecule has 5 nitrogen and oxygen atoms in total. The lowest BCUT2D eigenvalue weighted by molar-refractivity contribution is -0.138. The normalized spacial score (nSPS) is 16.6. The van der Waals surface area contributed by atoms with E-state index in [0.29, 0.717) is 11.1 Å². The third-order valence-electron chi connectivity index (χ3n) is 4.15. The Morgan fingerprint density at radius 1 is 1.22 bits per heavy atom. The lowest BCUT2D eigenvalue weighted by atomic mass is 9.82. The van der Waals surface area contributed by atoms with Crippen LogP contribution in [0.5, 0.6) is 0 Å². The maximum absolute atomic E-state index is 13.4. The Labute approximate surface area is 156 Å². The molecule has 1 atom stereocenters. The fraction of sp³-hybridized carbons (Fsp3) is 0.143. The van der Waals surface area contributed by atoms with Gasteiger partial charge in [-0.05, 0) is 24.6 Å². The third-order valence-corrected chi connectivity index (χ3v) is 4.15. The van der Waals surface area contributed by atoms with Crippen LogP contribution in [0, 0.1) is 17.1 Å². The highest BCUT2D eigenvalue weighted by molar-refractivity contribution is 5.99.